The number of hydrogen-bond acceptors (Lipinski definition) is 2. The molecular formula is C34H41F3O3. The van der Waals surface area contributed by atoms with Gasteiger partial charge < -0.3 is 10.2 Å². The molecule has 0 saturated carbocycles. The molecule has 0 radical (unpaired) electrons. The normalized spacial score (nSPS) is 14.2. The van der Waals surface area contributed by atoms with Crippen LogP contribution < -0.4 is 0 Å². The molecule has 40 heavy (non-hydrogen) atoms. The second-order valence-corrected chi connectivity index (χ2v) is 10.5. The topological polar surface area (TPSA) is 57.5 Å². The number of alkyl halides is 3. The Morgan fingerprint density at radius 3 is 1.90 bits per heavy atom. The van der Waals surface area contributed by atoms with E-state index in [-0.39, 0.29) is 0 Å². The van der Waals surface area contributed by atoms with Crippen LogP contribution in [0.4, 0.5) is 13.2 Å². The van der Waals surface area contributed by atoms with Gasteiger partial charge >= 0.3 is 12.1 Å². The summed E-state index contributed by atoms with van der Waals surface area (Å²) < 4.78 is 35.9. The van der Waals surface area contributed by atoms with Gasteiger partial charge in [-0.15, -0.1) is 0 Å². The maximum atomic E-state index is 12.0. The van der Waals surface area contributed by atoms with E-state index in [9.17, 15) is 23.1 Å². The van der Waals surface area contributed by atoms with E-state index in [2.05, 4.69) is 88.4 Å². The second kappa shape index (κ2) is 14.2. The number of phenols is 1. The molecule has 4 aromatic rings. The van der Waals surface area contributed by atoms with Crippen molar-refractivity contribution in [3.63, 3.8) is 0 Å². The number of hydrogen-bond donors (Lipinski definition) is 2. The maximum absolute atomic E-state index is 12.0. The van der Waals surface area contributed by atoms with Crippen molar-refractivity contribution in [1.82, 2.24) is 0 Å². The number of phenolic OH excluding ortho intramolecular Hbond substituents is 1. The molecule has 3 nitrogen and oxygen atoms in total. The third kappa shape index (κ3) is 8.00. The summed E-state index contributed by atoms with van der Waals surface area (Å²) in [4.78, 5) is 10.2. The lowest BCUT2D eigenvalue weighted by Crippen LogP contribution is -2.41. The second-order valence-electron chi connectivity index (χ2n) is 10.5. The van der Waals surface area contributed by atoms with Crippen LogP contribution in [-0.4, -0.2) is 22.4 Å². The van der Waals surface area contributed by atoms with Crippen molar-refractivity contribution in [2.24, 2.45) is 5.41 Å². The molecule has 2 N–H and O–H groups in total. The molecule has 0 amide bonds. The zero-order valence-electron chi connectivity index (χ0n) is 24.2. The Kier molecular flexibility index (Phi) is 11.6. The maximum Gasteiger partial charge on any atom is 0.404 e. The molecule has 0 bridgehead atoms. The first kappa shape index (κ1) is 32.7. The van der Waals surface area contributed by atoms with Crippen molar-refractivity contribution in [2.75, 3.05) is 0 Å². The highest BCUT2D eigenvalue weighted by molar-refractivity contribution is 5.86. The Bertz CT molecular complexity index is 1390. The van der Waals surface area contributed by atoms with Crippen molar-refractivity contribution < 1.29 is 28.2 Å². The molecule has 216 valence electrons. The van der Waals surface area contributed by atoms with Crippen LogP contribution in [0.25, 0.3) is 21.5 Å². The number of carboxylic acid groups (broad SMARTS) is 1. The molecule has 3 unspecified atom stereocenters. The number of halogens is 3. The van der Waals surface area contributed by atoms with Gasteiger partial charge in [-0.25, -0.2) is 0 Å². The third-order valence-corrected chi connectivity index (χ3v) is 7.80. The number of benzene rings is 4. The van der Waals surface area contributed by atoms with Gasteiger partial charge in [0, 0.05) is 0 Å². The number of rotatable bonds is 6. The fourth-order valence-electron chi connectivity index (χ4n) is 4.17. The summed E-state index contributed by atoms with van der Waals surface area (Å²) in [6.07, 6.45) is -2.77. The molecule has 0 spiro atoms. The fraction of sp³-hybridized carbons (Fsp3) is 0.382. The van der Waals surface area contributed by atoms with Crippen LogP contribution in [0.1, 0.15) is 83.8 Å². The monoisotopic (exact) mass is 554 g/mol. The highest BCUT2D eigenvalue weighted by Gasteiger charge is 2.55. The van der Waals surface area contributed by atoms with Crippen LogP contribution in [0.3, 0.4) is 0 Å². The molecule has 4 rings (SSSR count). The van der Waals surface area contributed by atoms with E-state index in [1.165, 1.54) is 40.6 Å². The van der Waals surface area contributed by atoms with Gasteiger partial charge in [-0.1, -0.05) is 101 Å². The summed E-state index contributed by atoms with van der Waals surface area (Å²) in [5.74, 6) is -0.240. The predicted octanol–water partition coefficient (Wildman–Crippen LogP) is 10.5. The van der Waals surface area contributed by atoms with E-state index in [1.54, 1.807) is 12.1 Å². The van der Waals surface area contributed by atoms with Crippen molar-refractivity contribution in [1.29, 1.82) is 0 Å². The van der Waals surface area contributed by atoms with Gasteiger partial charge in [-0.3, -0.25) is 4.79 Å². The van der Waals surface area contributed by atoms with E-state index in [1.807, 2.05) is 6.07 Å². The molecule has 0 saturated heterocycles. The molecular weight excluding hydrogens is 513 g/mol. The molecule has 0 heterocycles. The molecule has 3 atom stereocenters. The number of aliphatic carboxylic acids is 1. The van der Waals surface area contributed by atoms with Gasteiger partial charge in [0.05, 0.1) is 0 Å². The first-order valence-electron chi connectivity index (χ1n) is 13.8. The van der Waals surface area contributed by atoms with Crippen molar-refractivity contribution in [3.8, 4) is 5.75 Å². The smallest absolute Gasteiger partial charge is 0.404 e. The van der Waals surface area contributed by atoms with Crippen molar-refractivity contribution in [2.45, 2.75) is 78.8 Å². The van der Waals surface area contributed by atoms with Crippen LogP contribution >= 0.6 is 0 Å². The van der Waals surface area contributed by atoms with E-state index >= 15 is 0 Å². The van der Waals surface area contributed by atoms with Gasteiger partial charge in [-0.05, 0) is 82.8 Å². The van der Waals surface area contributed by atoms with Crippen LogP contribution in [0.2, 0.25) is 0 Å². The summed E-state index contributed by atoms with van der Waals surface area (Å²) in [5, 5.41) is 22.7. The van der Waals surface area contributed by atoms with Gasteiger partial charge in [0.2, 0.25) is 0 Å². The molecule has 0 aliphatic carbocycles. The fourth-order valence-corrected chi connectivity index (χ4v) is 4.17. The van der Waals surface area contributed by atoms with Crippen LogP contribution in [0.5, 0.6) is 5.75 Å². The number of fused-ring (bicyclic) bond motifs is 2. The lowest BCUT2D eigenvalue weighted by molar-refractivity contribution is -0.227. The zero-order chi connectivity index (χ0) is 30.1. The molecule has 6 heteroatoms. The first-order valence-corrected chi connectivity index (χ1v) is 13.8. The van der Waals surface area contributed by atoms with Crippen LogP contribution in [0, 0.1) is 5.41 Å². The molecule has 0 fully saturated rings. The number of aromatic hydroxyl groups is 1. The average molecular weight is 555 g/mol. The minimum absolute atomic E-state index is 0.332. The summed E-state index contributed by atoms with van der Waals surface area (Å²) in [5.41, 5.74) is 0.244. The SMILES string of the molecule is CCC(C)(C(=O)O)C(F)(F)F.CCC(C)c1ccc2cc(O)ccc2c1.CCC(C)c1cccc2ccccc12. The van der Waals surface area contributed by atoms with Crippen LogP contribution in [-0.2, 0) is 4.79 Å². The van der Waals surface area contributed by atoms with Crippen molar-refractivity contribution >= 4 is 27.5 Å². The van der Waals surface area contributed by atoms with Crippen LogP contribution in [0.15, 0.2) is 78.9 Å². The highest BCUT2D eigenvalue weighted by Crippen LogP contribution is 2.40. The largest absolute Gasteiger partial charge is 0.508 e. The van der Waals surface area contributed by atoms with Gasteiger partial charge in [-0.2, -0.15) is 13.2 Å². The van der Waals surface area contributed by atoms with E-state index in [0.29, 0.717) is 24.5 Å². The minimum Gasteiger partial charge on any atom is -0.508 e. The average Bonchev–Trinajstić information content (AvgIpc) is 2.95. The first-order chi connectivity index (χ1) is 18.8. The highest BCUT2D eigenvalue weighted by atomic mass is 19.4. The lowest BCUT2D eigenvalue weighted by atomic mass is 9.87. The Balaban J connectivity index is 0.000000213. The standard InChI is InChI=1S/C14H16O.C14H16.C6H9F3O2/c1-3-10(2)11-4-5-13-9-14(15)7-6-12(13)8-11;1-3-11(2)13-10-6-8-12-7-4-5-9-14(12)13;1-3-5(2,4(10)11)6(7,8)9/h4-10,15H,3H2,1-2H3;4-11H,3H2,1-2H3;3H2,1-2H3,(H,10,11). The summed E-state index contributed by atoms with van der Waals surface area (Å²) in [7, 11) is 0. The zero-order valence-corrected chi connectivity index (χ0v) is 24.2. The summed E-state index contributed by atoms with van der Waals surface area (Å²) in [6.45, 7) is 10.8. The Labute approximate surface area is 235 Å². The van der Waals surface area contributed by atoms with Gasteiger partial charge in [0.15, 0.2) is 5.41 Å². The summed E-state index contributed by atoms with van der Waals surface area (Å²) >= 11 is 0. The number of carboxylic acids is 1. The quantitative estimate of drug-likeness (QED) is 0.249. The number of carbonyl (C=O) groups is 1. The third-order valence-electron chi connectivity index (χ3n) is 7.80. The van der Waals surface area contributed by atoms with E-state index < -0.39 is 24.0 Å². The Morgan fingerprint density at radius 2 is 1.35 bits per heavy atom. The minimum atomic E-state index is -4.67. The summed E-state index contributed by atoms with van der Waals surface area (Å²) in [6, 6.07) is 27.2. The molecule has 0 aromatic heterocycles. The van der Waals surface area contributed by atoms with Crippen molar-refractivity contribution in [3.05, 3.63) is 90.0 Å². The molecule has 4 aromatic carbocycles. The molecule has 0 aliphatic rings. The lowest BCUT2D eigenvalue weighted by Gasteiger charge is -2.25. The Morgan fingerprint density at radius 1 is 0.775 bits per heavy atom. The van der Waals surface area contributed by atoms with Gasteiger partial charge in [0.1, 0.15) is 5.75 Å². The van der Waals surface area contributed by atoms with Gasteiger partial charge in [0.25, 0.3) is 0 Å². The van der Waals surface area contributed by atoms with E-state index in [4.69, 9.17) is 5.11 Å². The predicted molar refractivity (Wildman–Crippen MR) is 159 cm³/mol. The van der Waals surface area contributed by atoms with E-state index in [0.717, 1.165) is 11.8 Å². The Hall–Kier alpha value is -3.54. The molecule has 0 aliphatic heterocycles.